The molecular weight excluding hydrogens is 581 g/mol. The van der Waals surface area contributed by atoms with Crippen molar-refractivity contribution in [2.24, 2.45) is 0 Å². The van der Waals surface area contributed by atoms with Crippen molar-refractivity contribution in [3.63, 3.8) is 0 Å². The fourth-order valence-corrected chi connectivity index (χ4v) is 5.40. The normalized spacial score (nSPS) is 11.4. The second kappa shape index (κ2) is 12.2. The molecule has 0 unspecified atom stereocenters. The van der Waals surface area contributed by atoms with Crippen molar-refractivity contribution >= 4 is 39.3 Å². The van der Waals surface area contributed by atoms with Crippen LogP contribution in [0.1, 0.15) is 10.4 Å². The molecule has 0 bridgehead atoms. The summed E-state index contributed by atoms with van der Waals surface area (Å²) < 4.78 is 14.7. The van der Waals surface area contributed by atoms with Gasteiger partial charge in [0.15, 0.2) is 5.65 Å². The van der Waals surface area contributed by atoms with E-state index in [9.17, 15) is 9.18 Å². The number of fused-ring (bicyclic) bond motifs is 2. The summed E-state index contributed by atoms with van der Waals surface area (Å²) in [6, 6.07) is 21.7. The standard InChI is InChI=1S/C35H30FN9O/c1-45(2)11-10-38-26-13-22(12-25(36)16-26)28-8-9-39-33-29(28)17-31(42-33)32-30-15-24(19-40-34(30)44-43-32)23-14-27(20-37-18-23)41-35(46)21-6-4-3-5-7-21/h3-9,12-20,38H,10-11H2,1-2H3,(H,39,42)(H,41,46)(H,40,43,44). The van der Waals surface area contributed by atoms with Crippen molar-refractivity contribution in [2.45, 2.75) is 0 Å². The molecule has 11 heteroatoms. The third-order valence-electron chi connectivity index (χ3n) is 7.67. The summed E-state index contributed by atoms with van der Waals surface area (Å²) in [4.78, 5) is 31.6. The van der Waals surface area contributed by atoms with Crippen LogP contribution in [0.5, 0.6) is 0 Å². The molecule has 2 aromatic carbocycles. The quantitative estimate of drug-likeness (QED) is 0.145. The van der Waals surface area contributed by atoms with Gasteiger partial charge in [0.05, 0.1) is 17.6 Å². The van der Waals surface area contributed by atoms with Crippen molar-refractivity contribution in [1.82, 2.24) is 35.0 Å². The number of H-pyrrole nitrogens is 2. The lowest BCUT2D eigenvalue weighted by Crippen LogP contribution is -2.20. The van der Waals surface area contributed by atoms with Gasteiger partial charge in [-0.3, -0.25) is 14.9 Å². The minimum absolute atomic E-state index is 0.216. The molecule has 7 aromatic rings. The highest BCUT2D eigenvalue weighted by Gasteiger charge is 2.17. The minimum atomic E-state index is -0.319. The van der Waals surface area contributed by atoms with Crippen LogP contribution in [0.3, 0.4) is 0 Å². The zero-order valence-electron chi connectivity index (χ0n) is 25.2. The maximum Gasteiger partial charge on any atom is 0.255 e. The van der Waals surface area contributed by atoms with Crippen LogP contribution in [0.2, 0.25) is 0 Å². The first-order chi connectivity index (χ1) is 22.4. The van der Waals surface area contributed by atoms with E-state index in [0.29, 0.717) is 40.5 Å². The number of nitrogens with zero attached hydrogens (tertiary/aromatic N) is 5. The molecule has 0 fully saturated rings. The molecular formula is C35H30FN9O. The number of hydrogen-bond acceptors (Lipinski definition) is 7. The minimum Gasteiger partial charge on any atom is -0.384 e. The molecule has 1 amide bonds. The first-order valence-corrected chi connectivity index (χ1v) is 14.7. The number of amides is 1. The summed E-state index contributed by atoms with van der Waals surface area (Å²) >= 11 is 0. The SMILES string of the molecule is CN(C)CCNc1cc(F)cc(-c2ccnc3[nH]c(-c4n[nH]c5ncc(-c6cncc(NC(=O)c7ccccc7)c6)cc45)cc23)c1. The summed E-state index contributed by atoms with van der Waals surface area (Å²) in [7, 11) is 4.00. The lowest BCUT2D eigenvalue weighted by Gasteiger charge is -2.13. The van der Waals surface area contributed by atoms with Gasteiger partial charge in [-0.1, -0.05) is 18.2 Å². The number of pyridine rings is 3. The number of carbonyl (C=O) groups excluding carboxylic acids is 1. The number of hydrogen-bond donors (Lipinski definition) is 4. The predicted molar refractivity (Wildman–Crippen MR) is 179 cm³/mol. The maximum absolute atomic E-state index is 14.7. The Balaban J connectivity index is 1.21. The number of aromatic amines is 2. The fourth-order valence-electron chi connectivity index (χ4n) is 5.40. The molecule has 0 aliphatic rings. The maximum atomic E-state index is 14.7. The van der Waals surface area contributed by atoms with E-state index in [1.54, 1.807) is 36.9 Å². The summed E-state index contributed by atoms with van der Waals surface area (Å²) in [6.45, 7) is 1.52. The van der Waals surface area contributed by atoms with Crippen LogP contribution < -0.4 is 10.6 Å². The van der Waals surface area contributed by atoms with E-state index in [2.05, 4.69) is 45.7 Å². The Morgan fingerprint density at radius 2 is 1.67 bits per heavy atom. The Morgan fingerprint density at radius 3 is 2.52 bits per heavy atom. The molecule has 0 aliphatic carbocycles. The number of nitrogens with one attached hydrogen (secondary N) is 4. The van der Waals surface area contributed by atoms with Gasteiger partial charge in [-0.15, -0.1) is 0 Å². The number of aromatic nitrogens is 6. The van der Waals surface area contributed by atoms with Gasteiger partial charge in [-0.25, -0.2) is 14.4 Å². The highest BCUT2D eigenvalue weighted by molar-refractivity contribution is 6.04. The summed E-state index contributed by atoms with van der Waals surface area (Å²) in [5.74, 6) is -0.534. The van der Waals surface area contributed by atoms with Crippen LogP contribution >= 0.6 is 0 Å². The number of benzene rings is 2. The van der Waals surface area contributed by atoms with Crippen molar-refractivity contribution in [1.29, 1.82) is 0 Å². The molecule has 10 nitrogen and oxygen atoms in total. The zero-order chi connectivity index (χ0) is 31.6. The van der Waals surface area contributed by atoms with Crippen LogP contribution in [0.4, 0.5) is 15.8 Å². The van der Waals surface area contributed by atoms with Crippen molar-refractivity contribution < 1.29 is 9.18 Å². The van der Waals surface area contributed by atoms with Gasteiger partial charge in [-0.05, 0) is 79.8 Å². The predicted octanol–water partition coefficient (Wildman–Crippen LogP) is 6.60. The number of halogens is 1. The van der Waals surface area contributed by atoms with E-state index in [1.807, 2.05) is 62.6 Å². The Morgan fingerprint density at radius 1 is 0.848 bits per heavy atom. The van der Waals surface area contributed by atoms with Gasteiger partial charge >= 0.3 is 0 Å². The smallest absolute Gasteiger partial charge is 0.255 e. The lowest BCUT2D eigenvalue weighted by atomic mass is 10.0. The molecule has 0 atom stereocenters. The van der Waals surface area contributed by atoms with Crippen molar-refractivity contribution in [3.8, 4) is 33.6 Å². The first kappa shape index (κ1) is 28.8. The van der Waals surface area contributed by atoms with Crippen molar-refractivity contribution in [2.75, 3.05) is 37.8 Å². The third-order valence-corrected chi connectivity index (χ3v) is 7.67. The second-order valence-corrected chi connectivity index (χ2v) is 11.2. The molecule has 5 heterocycles. The van der Waals surface area contributed by atoms with Gasteiger partial charge in [0, 0.05) is 64.8 Å². The summed E-state index contributed by atoms with van der Waals surface area (Å²) in [5, 5.41) is 15.4. The van der Waals surface area contributed by atoms with Gasteiger partial charge in [0.2, 0.25) is 0 Å². The zero-order valence-corrected chi connectivity index (χ0v) is 25.2. The lowest BCUT2D eigenvalue weighted by molar-refractivity contribution is 0.102. The van der Waals surface area contributed by atoms with E-state index >= 15 is 0 Å². The van der Waals surface area contributed by atoms with Crippen LogP contribution in [0, 0.1) is 5.82 Å². The number of anilines is 2. The van der Waals surface area contributed by atoms with E-state index in [1.165, 1.54) is 12.1 Å². The van der Waals surface area contributed by atoms with Gasteiger partial charge in [0.25, 0.3) is 5.91 Å². The topological polar surface area (TPSA) is 128 Å². The van der Waals surface area contributed by atoms with Crippen LogP contribution in [0.25, 0.3) is 55.7 Å². The molecule has 228 valence electrons. The molecule has 46 heavy (non-hydrogen) atoms. The summed E-state index contributed by atoms with van der Waals surface area (Å²) in [6.07, 6.45) is 6.78. The first-order valence-electron chi connectivity index (χ1n) is 14.7. The van der Waals surface area contributed by atoms with E-state index < -0.39 is 0 Å². The second-order valence-electron chi connectivity index (χ2n) is 11.2. The molecule has 4 N–H and O–H groups in total. The highest BCUT2D eigenvalue weighted by Crippen LogP contribution is 2.35. The molecule has 7 rings (SSSR count). The van der Waals surface area contributed by atoms with Gasteiger partial charge in [-0.2, -0.15) is 5.10 Å². The van der Waals surface area contributed by atoms with E-state index in [-0.39, 0.29) is 11.7 Å². The third kappa shape index (κ3) is 5.91. The van der Waals surface area contributed by atoms with Crippen LogP contribution in [-0.2, 0) is 0 Å². The average molecular weight is 612 g/mol. The number of likely N-dealkylation sites (N-methyl/N-ethyl adjacent to an activating group) is 1. The van der Waals surface area contributed by atoms with Gasteiger partial charge in [0.1, 0.15) is 17.2 Å². The van der Waals surface area contributed by atoms with E-state index in [0.717, 1.165) is 45.3 Å². The largest absolute Gasteiger partial charge is 0.384 e. The number of rotatable bonds is 9. The summed E-state index contributed by atoms with van der Waals surface area (Å²) in [5.41, 5.74) is 7.71. The van der Waals surface area contributed by atoms with Gasteiger partial charge < -0.3 is 20.5 Å². The Labute approximate surface area is 263 Å². The monoisotopic (exact) mass is 611 g/mol. The van der Waals surface area contributed by atoms with Crippen molar-refractivity contribution in [3.05, 3.63) is 109 Å². The average Bonchev–Trinajstić information content (AvgIpc) is 3.69. The molecule has 0 saturated carbocycles. The van der Waals surface area contributed by atoms with E-state index in [4.69, 9.17) is 0 Å². The molecule has 0 radical (unpaired) electrons. The highest BCUT2D eigenvalue weighted by atomic mass is 19.1. The molecule has 5 aromatic heterocycles. The molecule has 0 spiro atoms. The Kier molecular flexibility index (Phi) is 7.65. The fraction of sp³-hybridized carbons (Fsp3) is 0.114. The van der Waals surface area contributed by atoms with Crippen LogP contribution in [0.15, 0.2) is 97.6 Å². The van der Waals surface area contributed by atoms with Crippen LogP contribution in [-0.4, -0.2) is 68.1 Å². The molecule has 0 aliphatic heterocycles. The number of carbonyl (C=O) groups is 1. The molecule has 0 saturated heterocycles. The Bertz CT molecular complexity index is 2190. The Hall–Kier alpha value is -5.94.